The highest BCUT2D eigenvalue weighted by molar-refractivity contribution is 5.32. The number of aromatic nitrogens is 3. The number of nitrogens with one attached hydrogen (secondary N) is 1. The van der Waals surface area contributed by atoms with Crippen molar-refractivity contribution in [3.63, 3.8) is 0 Å². The molecule has 3 N–H and O–H groups in total. The summed E-state index contributed by atoms with van der Waals surface area (Å²) < 4.78 is 10.9. The number of nitrogens with two attached hydrogens (primary N) is 1. The van der Waals surface area contributed by atoms with Crippen molar-refractivity contribution in [2.75, 3.05) is 37.4 Å². The van der Waals surface area contributed by atoms with Crippen LogP contribution in [-0.4, -0.2) is 41.3 Å². The van der Waals surface area contributed by atoms with Gasteiger partial charge in [0, 0.05) is 19.8 Å². The van der Waals surface area contributed by atoms with E-state index in [0.717, 1.165) is 38.5 Å². The van der Waals surface area contributed by atoms with E-state index in [4.69, 9.17) is 15.2 Å². The van der Waals surface area contributed by atoms with Crippen molar-refractivity contribution in [1.29, 1.82) is 0 Å². The van der Waals surface area contributed by atoms with E-state index in [1.54, 1.807) is 0 Å². The zero-order valence-corrected chi connectivity index (χ0v) is 12.0. The van der Waals surface area contributed by atoms with Crippen LogP contribution in [0.2, 0.25) is 0 Å². The first-order valence-corrected chi connectivity index (χ1v) is 7.24. The molecule has 1 aliphatic carbocycles. The molecule has 1 aliphatic rings. The van der Waals surface area contributed by atoms with Crippen molar-refractivity contribution in [3.05, 3.63) is 0 Å². The monoisotopic (exact) mass is 281 g/mol. The Hall–Kier alpha value is -1.63. The molecule has 0 atom stereocenters. The van der Waals surface area contributed by atoms with Crippen LogP contribution < -0.4 is 15.8 Å². The van der Waals surface area contributed by atoms with Gasteiger partial charge in [-0.1, -0.05) is 6.92 Å². The molecule has 2 rings (SSSR count). The Morgan fingerprint density at radius 3 is 2.85 bits per heavy atom. The fraction of sp³-hybridized carbons (Fsp3) is 0.769. The van der Waals surface area contributed by atoms with Crippen LogP contribution in [0.3, 0.4) is 0 Å². The Bertz CT molecular complexity index is 412. The van der Waals surface area contributed by atoms with Crippen molar-refractivity contribution in [3.8, 4) is 6.01 Å². The average molecular weight is 281 g/mol. The van der Waals surface area contributed by atoms with Crippen LogP contribution in [0.1, 0.15) is 32.6 Å². The van der Waals surface area contributed by atoms with E-state index >= 15 is 0 Å². The van der Waals surface area contributed by atoms with Crippen LogP contribution in [0, 0.1) is 5.92 Å². The normalized spacial score (nSPS) is 14.2. The molecule has 1 aromatic heterocycles. The number of rotatable bonds is 10. The maximum Gasteiger partial charge on any atom is 0.323 e. The maximum atomic E-state index is 5.62. The van der Waals surface area contributed by atoms with Gasteiger partial charge in [0.15, 0.2) is 0 Å². The van der Waals surface area contributed by atoms with E-state index in [0.29, 0.717) is 12.6 Å². The number of ether oxygens (including phenoxy) is 2. The first kappa shape index (κ1) is 14.8. The third-order valence-electron chi connectivity index (χ3n) is 2.87. The standard InChI is InChI=1S/C13H23N5O2/c1-2-7-20-13-17-11(14)16-12(18-13)15-6-3-8-19-9-10-4-5-10/h10H,2-9H2,1H3,(H3,14,15,16,17,18). The van der Waals surface area contributed by atoms with Crippen LogP contribution in [0.15, 0.2) is 0 Å². The smallest absolute Gasteiger partial charge is 0.323 e. The Balaban J connectivity index is 1.66. The molecule has 0 aromatic carbocycles. The van der Waals surface area contributed by atoms with Crippen LogP contribution in [-0.2, 0) is 4.74 Å². The van der Waals surface area contributed by atoms with E-state index < -0.39 is 0 Å². The van der Waals surface area contributed by atoms with E-state index in [1.807, 2.05) is 6.92 Å². The summed E-state index contributed by atoms with van der Waals surface area (Å²) in [4.78, 5) is 12.1. The quantitative estimate of drug-likeness (QED) is 0.627. The first-order valence-electron chi connectivity index (χ1n) is 7.24. The Morgan fingerprint density at radius 2 is 2.10 bits per heavy atom. The fourth-order valence-corrected chi connectivity index (χ4v) is 1.62. The summed E-state index contributed by atoms with van der Waals surface area (Å²) in [5.41, 5.74) is 5.62. The molecule has 112 valence electrons. The minimum absolute atomic E-state index is 0.165. The van der Waals surface area contributed by atoms with Gasteiger partial charge in [-0.15, -0.1) is 0 Å². The van der Waals surface area contributed by atoms with Crippen LogP contribution in [0.5, 0.6) is 6.01 Å². The lowest BCUT2D eigenvalue weighted by atomic mass is 10.4. The van der Waals surface area contributed by atoms with Crippen LogP contribution >= 0.6 is 0 Å². The van der Waals surface area contributed by atoms with Gasteiger partial charge in [-0.2, -0.15) is 15.0 Å². The molecule has 7 nitrogen and oxygen atoms in total. The predicted molar refractivity (Wildman–Crippen MR) is 76.7 cm³/mol. The number of hydrogen-bond donors (Lipinski definition) is 2. The predicted octanol–water partition coefficient (Wildman–Crippen LogP) is 1.47. The van der Waals surface area contributed by atoms with Crippen molar-refractivity contribution < 1.29 is 9.47 Å². The largest absolute Gasteiger partial charge is 0.463 e. The third kappa shape index (κ3) is 5.56. The molecule has 1 aromatic rings. The van der Waals surface area contributed by atoms with Crippen molar-refractivity contribution in [2.45, 2.75) is 32.6 Å². The summed E-state index contributed by atoms with van der Waals surface area (Å²) in [7, 11) is 0. The highest BCUT2D eigenvalue weighted by Gasteiger charge is 2.20. The molecule has 0 bridgehead atoms. The Kier molecular flexibility index (Phi) is 5.79. The second-order valence-corrected chi connectivity index (χ2v) is 4.95. The zero-order valence-electron chi connectivity index (χ0n) is 12.0. The third-order valence-corrected chi connectivity index (χ3v) is 2.87. The van der Waals surface area contributed by atoms with Crippen molar-refractivity contribution >= 4 is 11.9 Å². The van der Waals surface area contributed by atoms with Gasteiger partial charge in [0.1, 0.15) is 0 Å². The van der Waals surface area contributed by atoms with Gasteiger partial charge >= 0.3 is 6.01 Å². The van der Waals surface area contributed by atoms with E-state index in [1.165, 1.54) is 12.8 Å². The molecule has 0 amide bonds. The highest BCUT2D eigenvalue weighted by atomic mass is 16.5. The highest BCUT2D eigenvalue weighted by Crippen LogP contribution is 2.28. The van der Waals surface area contributed by atoms with Gasteiger partial charge in [0.05, 0.1) is 6.61 Å². The summed E-state index contributed by atoms with van der Waals surface area (Å²) in [5.74, 6) is 1.42. The molecule has 7 heteroatoms. The van der Waals surface area contributed by atoms with Gasteiger partial charge in [0.2, 0.25) is 11.9 Å². The lowest BCUT2D eigenvalue weighted by Crippen LogP contribution is -2.12. The minimum Gasteiger partial charge on any atom is -0.463 e. The second kappa shape index (κ2) is 7.84. The molecule has 1 heterocycles. The molecule has 0 spiro atoms. The first-order chi connectivity index (χ1) is 9.78. The Morgan fingerprint density at radius 1 is 1.25 bits per heavy atom. The summed E-state index contributed by atoms with van der Waals surface area (Å²) in [6, 6.07) is 0.270. The van der Waals surface area contributed by atoms with Gasteiger partial charge in [0.25, 0.3) is 0 Å². The molecule has 20 heavy (non-hydrogen) atoms. The van der Waals surface area contributed by atoms with Gasteiger partial charge in [-0.25, -0.2) is 0 Å². The fourth-order valence-electron chi connectivity index (χ4n) is 1.62. The molecule has 0 aliphatic heterocycles. The van der Waals surface area contributed by atoms with Crippen LogP contribution in [0.25, 0.3) is 0 Å². The second-order valence-electron chi connectivity index (χ2n) is 4.95. The SMILES string of the molecule is CCCOc1nc(N)nc(NCCCOCC2CC2)n1. The summed E-state index contributed by atoms with van der Waals surface area (Å²) in [6.45, 7) is 4.97. The number of nitrogen functional groups attached to an aromatic ring is 1. The van der Waals surface area contributed by atoms with Gasteiger partial charge in [-0.05, 0) is 31.6 Å². The minimum atomic E-state index is 0.165. The molecule has 0 unspecified atom stereocenters. The Labute approximate surface area is 119 Å². The molecule has 0 saturated heterocycles. The molecule has 1 fully saturated rings. The van der Waals surface area contributed by atoms with Crippen LogP contribution in [0.4, 0.5) is 11.9 Å². The number of anilines is 2. The zero-order chi connectivity index (χ0) is 14.2. The maximum absolute atomic E-state index is 5.62. The lowest BCUT2D eigenvalue weighted by molar-refractivity contribution is 0.124. The molecule has 1 saturated carbocycles. The summed E-state index contributed by atoms with van der Waals surface area (Å²) >= 11 is 0. The van der Waals surface area contributed by atoms with E-state index in [-0.39, 0.29) is 12.0 Å². The van der Waals surface area contributed by atoms with Crippen molar-refractivity contribution in [1.82, 2.24) is 15.0 Å². The van der Waals surface area contributed by atoms with E-state index in [9.17, 15) is 0 Å². The number of nitrogens with zero attached hydrogens (tertiary/aromatic N) is 3. The van der Waals surface area contributed by atoms with E-state index in [2.05, 4.69) is 20.3 Å². The van der Waals surface area contributed by atoms with Gasteiger partial charge in [-0.3, -0.25) is 0 Å². The van der Waals surface area contributed by atoms with Crippen molar-refractivity contribution in [2.24, 2.45) is 5.92 Å². The summed E-state index contributed by atoms with van der Waals surface area (Å²) in [5, 5.41) is 3.10. The summed E-state index contributed by atoms with van der Waals surface area (Å²) in [6.07, 6.45) is 4.45. The average Bonchev–Trinajstić information content (AvgIpc) is 3.24. The molecular formula is C13H23N5O2. The number of hydrogen-bond acceptors (Lipinski definition) is 7. The van der Waals surface area contributed by atoms with Gasteiger partial charge < -0.3 is 20.5 Å². The molecule has 0 radical (unpaired) electrons. The lowest BCUT2D eigenvalue weighted by Gasteiger charge is -2.08. The topological polar surface area (TPSA) is 95.2 Å². The molecular weight excluding hydrogens is 258 g/mol.